The minimum absolute atomic E-state index is 0.319. The van der Waals surface area contributed by atoms with E-state index in [4.69, 9.17) is 16.0 Å². The number of nitrogens with zero attached hydrogens (tertiary/aromatic N) is 1. The van der Waals surface area contributed by atoms with Crippen LogP contribution in [0, 0.1) is 0 Å². The molecule has 0 saturated carbocycles. The first-order valence-corrected chi connectivity index (χ1v) is 5.30. The van der Waals surface area contributed by atoms with E-state index in [1.54, 1.807) is 24.3 Å². The maximum absolute atomic E-state index is 10.7. The Bertz CT molecular complexity index is 527. The lowest BCUT2D eigenvalue weighted by Gasteiger charge is -1.91. The summed E-state index contributed by atoms with van der Waals surface area (Å²) in [5, 5.41) is 0.687. The van der Waals surface area contributed by atoms with Crippen LogP contribution in [0.2, 0.25) is 5.02 Å². The third-order valence-electron chi connectivity index (χ3n) is 1.69. The molecule has 2 aromatic rings. The van der Waals surface area contributed by atoms with Crippen molar-refractivity contribution in [3.8, 4) is 0 Å². The summed E-state index contributed by atoms with van der Waals surface area (Å²) < 4.78 is 8.57. The molecule has 0 radical (unpaired) electrons. The second kappa shape index (κ2) is 4.42. The van der Waals surface area contributed by atoms with Gasteiger partial charge in [0.25, 0.3) is 0 Å². The fourth-order valence-corrected chi connectivity index (χ4v) is 1.52. The van der Waals surface area contributed by atoms with Gasteiger partial charge in [0.15, 0.2) is 0 Å². The summed E-state index contributed by atoms with van der Waals surface area (Å²) in [7, 11) is 0. The average Bonchev–Trinajstić information content (AvgIpc) is 2.64. The van der Waals surface area contributed by atoms with Gasteiger partial charge in [0.2, 0.25) is 5.89 Å². The van der Waals surface area contributed by atoms with Gasteiger partial charge in [0, 0.05) is 11.1 Å². The number of aromatic nitrogens is 1. The SMILES string of the molecule is O=c1oc(/C=C/c2ccc(Cl)cc2)ns1. The van der Waals surface area contributed by atoms with Crippen molar-refractivity contribution in [1.29, 1.82) is 0 Å². The highest BCUT2D eigenvalue weighted by molar-refractivity contribution is 7.02. The van der Waals surface area contributed by atoms with Crippen molar-refractivity contribution in [2.45, 2.75) is 0 Å². The minimum atomic E-state index is -0.397. The van der Waals surface area contributed by atoms with Crippen molar-refractivity contribution in [3.05, 3.63) is 50.5 Å². The van der Waals surface area contributed by atoms with E-state index < -0.39 is 4.94 Å². The second-order valence-electron chi connectivity index (χ2n) is 2.76. The van der Waals surface area contributed by atoms with Gasteiger partial charge in [0.05, 0.1) is 11.5 Å². The number of hydrogen-bond donors (Lipinski definition) is 0. The first kappa shape index (κ1) is 10.1. The number of hydrogen-bond acceptors (Lipinski definition) is 4. The minimum Gasteiger partial charge on any atom is -0.395 e. The van der Waals surface area contributed by atoms with Crippen LogP contribution in [0.5, 0.6) is 0 Å². The lowest BCUT2D eigenvalue weighted by Crippen LogP contribution is -1.80. The van der Waals surface area contributed by atoms with Gasteiger partial charge in [-0.2, -0.15) is 0 Å². The van der Waals surface area contributed by atoms with Gasteiger partial charge in [0.1, 0.15) is 0 Å². The van der Waals surface area contributed by atoms with Crippen molar-refractivity contribution in [3.63, 3.8) is 0 Å². The Morgan fingerprint density at radius 2 is 2.00 bits per heavy atom. The molecule has 76 valence electrons. The Morgan fingerprint density at radius 1 is 1.27 bits per heavy atom. The zero-order valence-electron chi connectivity index (χ0n) is 7.51. The molecule has 15 heavy (non-hydrogen) atoms. The zero-order valence-corrected chi connectivity index (χ0v) is 9.09. The molecule has 0 bridgehead atoms. The summed E-state index contributed by atoms with van der Waals surface area (Å²) in [4.78, 5) is 10.3. The van der Waals surface area contributed by atoms with Crippen LogP contribution in [-0.2, 0) is 0 Å². The smallest absolute Gasteiger partial charge is 0.395 e. The Morgan fingerprint density at radius 3 is 2.60 bits per heavy atom. The molecule has 0 amide bonds. The topological polar surface area (TPSA) is 43.1 Å². The van der Waals surface area contributed by atoms with Crippen LogP contribution in [0.3, 0.4) is 0 Å². The molecule has 0 saturated heterocycles. The highest BCUT2D eigenvalue weighted by Gasteiger charge is 1.95. The van der Waals surface area contributed by atoms with Crippen molar-refractivity contribution >= 4 is 35.3 Å². The maximum Gasteiger partial charge on any atom is 0.414 e. The Kier molecular flexibility index (Phi) is 2.99. The first-order chi connectivity index (χ1) is 7.24. The van der Waals surface area contributed by atoms with Gasteiger partial charge in [-0.25, -0.2) is 4.79 Å². The molecule has 1 aromatic carbocycles. The van der Waals surface area contributed by atoms with Crippen molar-refractivity contribution < 1.29 is 4.42 Å². The largest absolute Gasteiger partial charge is 0.414 e. The molecule has 0 aliphatic heterocycles. The maximum atomic E-state index is 10.7. The van der Waals surface area contributed by atoms with Crippen molar-refractivity contribution in [1.82, 2.24) is 4.37 Å². The van der Waals surface area contributed by atoms with E-state index in [9.17, 15) is 4.79 Å². The standard InChI is InChI=1S/C10H6ClNO2S/c11-8-4-1-7(2-5-8)3-6-9-12-15-10(13)14-9/h1-6H/b6-3+. The molecule has 0 aliphatic carbocycles. The number of benzene rings is 1. The summed E-state index contributed by atoms with van der Waals surface area (Å²) in [6, 6.07) is 7.31. The molecule has 3 nitrogen and oxygen atoms in total. The second-order valence-corrected chi connectivity index (χ2v) is 3.89. The molecular formula is C10H6ClNO2S. The summed E-state index contributed by atoms with van der Waals surface area (Å²) in [6.07, 6.45) is 3.44. The molecule has 0 fully saturated rings. The van der Waals surface area contributed by atoms with Gasteiger partial charge in [-0.3, -0.25) is 0 Å². The summed E-state index contributed by atoms with van der Waals surface area (Å²) in [5.41, 5.74) is 0.968. The Balaban J connectivity index is 2.18. The van der Waals surface area contributed by atoms with Crippen LogP contribution in [0.15, 0.2) is 33.5 Å². The molecule has 0 spiro atoms. The first-order valence-electron chi connectivity index (χ1n) is 4.14. The monoisotopic (exact) mass is 239 g/mol. The summed E-state index contributed by atoms with van der Waals surface area (Å²) >= 11 is 6.53. The molecule has 1 aromatic heterocycles. The molecule has 5 heteroatoms. The van der Waals surface area contributed by atoms with Crippen LogP contribution in [-0.4, -0.2) is 4.37 Å². The van der Waals surface area contributed by atoms with Crippen molar-refractivity contribution in [2.75, 3.05) is 0 Å². The van der Waals surface area contributed by atoms with E-state index in [1.165, 1.54) is 0 Å². The number of rotatable bonds is 2. The lowest BCUT2D eigenvalue weighted by atomic mass is 10.2. The zero-order chi connectivity index (χ0) is 10.7. The van der Waals surface area contributed by atoms with Gasteiger partial charge in [-0.05, 0) is 23.8 Å². The Hall–Kier alpha value is -1.39. The molecular weight excluding hydrogens is 234 g/mol. The normalized spacial score (nSPS) is 11.0. The number of halogens is 1. The van der Waals surface area contributed by atoms with E-state index in [-0.39, 0.29) is 0 Å². The van der Waals surface area contributed by atoms with Crippen LogP contribution in [0.25, 0.3) is 12.2 Å². The van der Waals surface area contributed by atoms with E-state index in [1.807, 2.05) is 12.1 Å². The van der Waals surface area contributed by atoms with E-state index >= 15 is 0 Å². The average molecular weight is 240 g/mol. The predicted molar refractivity (Wildman–Crippen MR) is 61.0 cm³/mol. The van der Waals surface area contributed by atoms with E-state index in [2.05, 4.69) is 4.37 Å². The van der Waals surface area contributed by atoms with E-state index in [0.29, 0.717) is 10.9 Å². The fraction of sp³-hybridized carbons (Fsp3) is 0. The Labute approximate surface area is 94.8 Å². The fourth-order valence-electron chi connectivity index (χ4n) is 1.01. The van der Waals surface area contributed by atoms with Crippen LogP contribution < -0.4 is 4.94 Å². The van der Waals surface area contributed by atoms with Gasteiger partial charge in [-0.1, -0.05) is 23.7 Å². The van der Waals surface area contributed by atoms with Gasteiger partial charge < -0.3 is 4.42 Å². The predicted octanol–water partition coefficient (Wildman–Crippen LogP) is 2.92. The highest BCUT2D eigenvalue weighted by Crippen LogP contribution is 2.11. The molecule has 0 unspecified atom stereocenters. The highest BCUT2D eigenvalue weighted by atomic mass is 35.5. The summed E-state index contributed by atoms with van der Waals surface area (Å²) in [5.74, 6) is 0.319. The molecule has 0 aliphatic rings. The van der Waals surface area contributed by atoms with Gasteiger partial charge in [-0.15, -0.1) is 4.37 Å². The van der Waals surface area contributed by atoms with Crippen LogP contribution >= 0.6 is 23.1 Å². The van der Waals surface area contributed by atoms with Crippen molar-refractivity contribution in [2.24, 2.45) is 0 Å². The van der Waals surface area contributed by atoms with Gasteiger partial charge >= 0.3 is 4.94 Å². The summed E-state index contributed by atoms with van der Waals surface area (Å²) in [6.45, 7) is 0. The lowest BCUT2D eigenvalue weighted by molar-refractivity contribution is 0.516. The van der Waals surface area contributed by atoms with Crippen LogP contribution in [0.4, 0.5) is 0 Å². The quantitative estimate of drug-likeness (QED) is 0.809. The molecule has 2 rings (SSSR count). The molecule has 1 heterocycles. The van der Waals surface area contributed by atoms with E-state index in [0.717, 1.165) is 17.1 Å². The molecule has 0 atom stereocenters. The third kappa shape index (κ3) is 2.78. The molecule has 0 N–H and O–H groups in total. The van der Waals surface area contributed by atoms with Crippen LogP contribution in [0.1, 0.15) is 11.5 Å². The third-order valence-corrected chi connectivity index (χ3v) is 2.44.